The zero-order chi connectivity index (χ0) is 25.0. The monoisotopic (exact) mass is 480 g/mol. The molecule has 2 N–H and O–H groups in total. The van der Waals surface area contributed by atoms with E-state index in [4.69, 9.17) is 0 Å². The van der Waals surface area contributed by atoms with Crippen molar-refractivity contribution in [3.63, 3.8) is 0 Å². The van der Waals surface area contributed by atoms with E-state index in [0.717, 1.165) is 39.9 Å². The number of hydrogen-bond acceptors (Lipinski definition) is 2. The van der Waals surface area contributed by atoms with Crippen molar-refractivity contribution in [3.8, 4) is 22.3 Å². The summed E-state index contributed by atoms with van der Waals surface area (Å²) in [6.07, 6.45) is -4.42. The number of benzene rings is 5. The molecule has 2 nitrogen and oxygen atoms in total. The Hall–Kier alpha value is -4.51. The summed E-state index contributed by atoms with van der Waals surface area (Å²) in [4.78, 5) is 0. The summed E-state index contributed by atoms with van der Waals surface area (Å²) < 4.78 is 40.4. The zero-order valence-corrected chi connectivity index (χ0v) is 19.3. The molecule has 0 saturated carbocycles. The average molecular weight is 481 g/mol. The predicted molar refractivity (Wildman–Crippen MR) is 142 cm³/mol. The molecule has 5 aromatic carbocycles. The molecule has 0 aromatic heterocycles. The van der Waals surface area contributed by atoms with Crippen molar-refractivity contribution in [2.24, 2.45) is 0 Å². The summed E-state index contributed by atoms with van der Waals surface area (Å²) in [6, 6.07) is 38.6. The van der Waals surface area contributed by atoms with Gasteiger partial charge in [-0.05, 0) is 82.9 Å². The number of anilines is 4. The molecule has 0 heterocycles. The number of hydrogen-bond donors (Lipinski definition) is 2. The number of para-hydroxylation sites is 2. The number of rotatable bonds is 6. The van der Waals surface area contributed by atoms with E-state index < -0.39 is 11.7 Å². The van der Waals surface area contributed by atoms with Gasteiger partial charge in [-0.25, -0.2) is 0 Å². The molecule has 0 saturated heterocycles. The van der Waals surface area contributed by atoms with Gasteiger partial charge in [0.1, 0.15) is 0 Å². The van der Waals surface area contributed by atoms with Gasteiger partial charge in [0.25, 0.3) is 0 Å². The van der Waals surface area contributed by atoms with Gasteiger partial charge in [0, 0.05) is 22.7 Å². The molecule has 5 rings (SSSR count). The van der Waals surface area contributed by atoms with Gasteiger partial charge in [-0.2, -0.15) is 13.2 Å². The fraction of sp³-hybridized carbons (Fsp3) is 0.0323. The first-order valence-electron chi connectivity index (χ1n) is 11.5. The Balaban J connectivity index is 1.54. The summed E-state index contributed by atoms with van der Waals surface area (Å²) in [5.41, 5.74) is 5.89. The summed E-state index contributed by atoms with van der Waals surface area (Å²) in [5, 5.41) is 6.70. The third-order valence-corrected chi connectivity index (χ3v) is 5.84. The first-order chi connectivity index (χ1) is 17.5. The number of alkyl halides is 3. The molecule has 0 aliphatic rings. The van der Waals surface area contributed by atoms with E-state index in [9.17, 15) is 13.2 Å². The Morgan fingerprint density at radius 1 is 0.417 bits per heavy atom. The highest BCUT2D eigenvalue weighted by Gasteiger charge is 2.30. The quantitative estimate of drug-likeness (QED) is 0.253. The summed E-state index contributed by atoms with van der Waals surface area (Å²) >= 11 is 0. The first kappa shape index (κ1) is 23.2. The zero-order valence-electron chi connectivity index (χ0n) is 19.3. The van der Waals surface area contributed by atoms with Gasteiger partial charge in [0.05, 0.1) is 5.56 Å². The van der Waals surface area contributed by atoms with Gasteiger partial charge in [-0.1, -0.05) is 66.7 Å². The molecule has 5 heteroatoms. The highest BCUT2D eigenvalue weighted by atomic mass is 19.4. The van der Waals surface area contributed by atoms with E-state index >= 15 is 0 Å². The summed E-state index contributed by atoms with van der Waals surface area (Å²) in [5.74, 6) is 0. The molecular weight excluding hydrogens is 457 g/mol. The van der Waals surface area contributed by atoms with E-state index in [2.05, 4.69) is 10.6 Å². The maximum Gasteiger partial charge on any atom is 0.416 e. The lowest BCUT2D eigenvalue weighted by Crippen LogP contribution is -2.04. The van der Waals surface area contributed by atoms with Crippen LogP contribution in [0.2, 0.25) is 0 Å². The Morgan fingerprint density at radius 3 is 1.58 bits per heavy atom. The molecule has 178 valence electrons. The first-order valence-corrected chi connectivity index (χ1v) is 11.5. The van der Waals surface area contributed by atoms with Crippen LogP contribution in [-0.2, 0) is 6.18 Å². The summed E-state index contributed by atoms with van der Waals surface area (Å²) in [7, 11) is 0. The largest absolute Gasteiger partial charge is 0.416 e. The van der Waals surface area contributed by atoms with Crippen molar-refractivity contribution >= 4 is 22.7 Å². The highest BCUT2D eigenvalue weighted by molar-refractivity contribution is 5.87. The molecule has 0 atom stereocenters. The van der Waals surface area contributed by atoms with Crippen LogP contribution in [0.25, 0.3) is 22.3 Å². The third-order valence-electron chi connectivity index (χ3n) is 5.84. The maximum absolute atomic E-state index is 13.5. The Kier molecular flexibility index (Phi) is 6.46. The second kappa shape index (κ2) is 10.0. The molecule has 0 fully saturated rings. The van der Waals surface area contributed by atoms with Crippen LogP contribution in [-0.4, -0.2) is 0 Å². The van der Waals surface area contributed by atoms with Crippen molar-refractivity contribution in [1.29, 1.82) is 0 Å². The van der Waals surface area contributed by atoms with E-state index in [1.807, 2.05) is 103 Å². The molecule has 0 bridgehead atoms. The van der Waals surface area contributed by atoms with Gasteiger partial charge in [0.2, 0.25) is 0 Å². The molecule has 0 aliphatic heterocycles. The third kappa shape index (κ3) is 5.41. The fourth-order valence-electron chi connectivity index (χ4n) is 4.09. The Morgan fingerprint density at radius 2 is 0.972 bits per heavy atom. The standard InChI is InChI=1S/C31H23F3N2/c32-31(33,34)24-9-7-8-23(20-24)30-21-28(36-26-12-5-2-6-13-26)18-19-29(30)22-14-16-27(17-15-22)35-25-10-3-1-4-11-25/h1-21,35-36H. The van der Waals surface area contributed by atoms with Crippen LogP contribution in [0.1, 0.15) is 5.56 Å². The molecule has 36 heavy (non-hydrogen) atoms. The van der Waals surface area contributed by atoms with Crippen molar-refractivity contribution < 1.29 is 13.2 Å². The van der Waals surface area contributed by atoms with E-state index in [-0.39, 0.29) is 0 Å². The van der Waals surface area contributed by atoms with Crippen LogP contribution < -0.4 is 10.6 Å². The minimum absolute atomic E-state index is 0.503. The lowest BCUT2D eigenvalue weighted by atomic mass is 9.93. The lowest BCUT2D eigenvalue weighted by Gasteiger charge is -2.16. The van der Waals surface area contributed by atoms with Gasteiger partial charge >= 0.3 is 6.18 Å². The van der Waals surface area contributed by atoms with Crippen molar-refractivity contribution in [2.45, 2.75) is 6.18 Å². The molecular formula is C31H23F3N2. The minimum Gasteiger partial charge on any atom is -0.356 e. The highest BCUT2D eigenvalue weighted by Crippen LogP contribution is 2.38. The van der Waals surface area contributed by atoms with Gasteiger partial charge in [0.15, 0.2) is 0 Å². The SMILES string of the molecule is FC(F)(F)c1cccc(-c2cc(Nc3ccccc3)ccc2-c2ccc(Nc3ccccc3)cc2)c1. The van der Waals surface area contributed by atoms with Crippen LogP contribution in [0.5, 0.6) is 0 Å². The molecule has 0 radical (unpaired) electrons. The maximum atomic E-state index is 13.5. The smallest absolute Gasteiger partial charge is 0.356 e. The van der Waals surface area contributed by atoms with Crippen LogP contribution in [0.15, 0.2) is 127 Å². The molecule has 0 aliphatic carbocycles. The normalized spacial score (nSPS) is 11.2. The van der Waals surface area contributed by atoms with E-state index in [0.29, 0.717) is 11.1 Å². The van der Waals surface area contributed by atoms with Gasteiger partial charge in [-0.3, -0.25) is 0 Å². The van der Waals surface area contributed by atoms with Gasteiger partial charge in [-0.15, -0.1) is 0 Å². The molecule has 5 aromatic rings. The average Bonchev–Trinajstić information content (AvgIpc) is 2.90. The topological polar surface area (TPSA) is 24.1 Å². The van der Waals surface area contributed by atoms with Crippen molar-refractivity contribution in [2.75, 3.05) is 10.6 Å². The molecule has 0 amide bonds. The molecule has 0 unspecified atom stereocenters. The second-order valence-electron chi connectivity index (χ2n) is 8.40. The van der Waals surface area contributed by atoms with Crippen LogP contribution in [0.4, 0.5) is 35.9 Å². The van der Waals surface area contributed by atoms with E-state index in [1.165, 1.54) is 12.1 Å². The fourth-order valence-corrected chi connectivity index (χ4v) is 4.09. The number of halogens is 3. The minimum atomic E-state index is -4.42. The Labute approximate surface area is 208 Å². The molecule has 0 spiro atoms. The van der Waals surface area contributed by atoms with Crippen LogP contribution >= 0.6 is 0 Å². The Bertz CT molecular complexity index is 1450. The second-order valence-corrected chi connectivity index (χ2v) is 8.40. The van der Waals surface area contributed by atoms with E-state index in [1.54, 1.807) is 6.07 Å². The van der Waals surface area contributed by atoms with Crippen molar-refractivity contribution in [3.05, 3.63) is 133 Å². The van der Waals surface area contributed by atoms with Crippen LogP contribution in [0, 0.1) is 0 Å². The van der Waals surface area contributed by atoms with Gasteiger partial charge < -0.3 is 10.6 Å². The predicted octanol–water partition coefficient (Wildman–Crippen LogP) is 9.53. The van der Waals surface area contributed by atoms with Crippen molar-refractivity contribution in [1.82, 2.24) is 0 Å². The lowest BCUT2D eigenvalue weighted by molar-refractivity contribution is -0.137. The van der Waals surface area contributed by atoms with Crippen LogP contribution in [0.3, 0.4) is 0 Å². The summed E-state index contributed by atoms with van der Waals surface area (Å²) in [6.45, 7) is 0. The number of nitrogens with one attached hydrogen (secondary N) is 2.